The molecule has 0 spiro atoms. The largest absolute Gasteiger partial charge is 0.343 e. The molecule has 30 heavy (non-hydrogen) atoms. The van der Waals surface area contributed by atoms with E-state index in [4.69, 9.17) is 4.63 Å². The van der Waals surface area contributed by atoms with E-state index in [1.165, 1.54) is 0 Å². The Kier molecular flexibility index (Phi) is 5.96. The standard InChI is InChI=1S/C21H27N5O4/c1-24(13-15-5-7-17-18(12-15)23-30-22-17)21(29)16-6-8-20(28)26(14-16)11-3-10-25-9-2-4-19(25)27/h5,7,12,16H,2-4,6,8-11,13-14H2,1H3/t16-/m0/s1. The maximum Gasteiger partial charge on any atom is 0.227 e. The molecule has 2 saturated heterocycles. The lowest BCUT2D eigenvalue weighted by molar-refractivity contribution is -0.142. The second kappa shape index (κ2) is 8.81. The Bertz CT molecular complexity index is 942. The first-order valence-corrected chi connectivity index (χ1v) is 10.5. The molecule has 9 nitrogen and oxygen atoms in total. The first kappa shape index (κ1) is 20.3. The Hall–Kier alpha value is -2.97. The van der Waals surface area contributed by atoms with Crippen molar-refractivity contribution in [3.8, 4) is 0 Å². The second-order valence-corrected chi connectivity index (χ2v) is 8.19. The minimum atomic E-state index is -0.196. The van der Waals surface area contributed by atoms with E-state index in [0.717, 1.165) is 24.9 Å². The predicted octanol–water partition coefficient (Wildman–Crippen LogP) is 1.43. The van der Waals surface area contributed by atoms with Crippen molar-refractivity contribution in [3.63, 3.8) is 0 Å². The Morgan fingerprint density at radius 1 is 1.13 bits per heavy atom. The van der Waals surface area contributed by atoms with Crippen molar-refractivity contribution in [1.29, 1.82) is 0 Å². The van der Waals surface area contributed by atoms with Crippen LogP contribution < -0.4 is 0 Å². The quantitative estimate of drug-likeness (QED) is 0.681. The van der Waals surface area contributed by atoms with E-state index in [-0.39, 0.29) is 23.6 Å². The summed E-state index contributed by atoms with van der Waals surface area (Å²) in [5.74, 6) is 0.145. The predicted molar refractivity (Wildman–Crippen MR) is 108 cm³/mol. The number of hydrogen-bond acceptors (Lipinski definition) is 6. The summed E-state index contributed by atoms with van der Waals surface area (Å²) >= 11 is 0. The van der Waals surface area contributed by atoms with Gasteiger partial charge in [-0.3, -0.25) is 14.4 Å². The third kappa shape index (κ3) is 4.44. The first-order valence-electron chi connectivity index (χ1n) is 10.5. The number of piperidine rings is 1. The molecule has 3 heterocycles. The number of rotatable bonds is 7. The Morgan fingerprint density at radius 2 is 1.90 bits per heavy atom. The summed E-state index contributed by atoms with van der Waals surface area (Å²) in [6.07, 6.45) is 3.27. The summed E-state index contributed by atoms with van der Waals surface area (Å²) in [5.41, 5.74) is 2.30. The molecular formula is C21H27N5O4. The SMILES string of the molecule is CN(Cc1ccc2nonc2c1)C(=O)[C@H]1CCC(=O)N(CCCN2CCCC2=O)C1. The zero-order chi connectivity index (χ0) is 21.1. The average Bonchev–Trinajstić information content (AvgIpc) is 3.37. The molecule has 1 atom stereocenters. The van der Waals surface area contributed by atoms with Crippen molar-refractivity contribution in [2.75, 3.05) is 33.2 Å². The number of likely N-dealkylation sites (tertiary alicyclic amines) is 2. The lowest BCUT2D eigenvalue weighted by atomic mass is 9.95. The molecule has 0 unspecified atom stereocenters. The highest BCUT2D eigenvalue weighted by molar-refractivity contribution is 5.84. The van der Waals surface area contributed by atoms with Crippen LogP contribution in [0.4, 0.5) is 0 Å². The summed E-state index contributed by atoms with van der Waals surface area (Å²) in [4.78, 5) is 42.4. The lowest BCUT2D eigenvalue weighted by Crippen LogP contribution is -2.46. The molecule has 0 aliphatic carbocycles. The van der Waals surface area contributed by atoms with Gasteiger partial charge in [-0.1, -0.05) is 6.07 Å². The van der Waals surface area contributed by atoms with E-state index in [9.17, 15) is 14.4 Å². The number of carbonyl (C=O) groups excluding carboxylic acids is 3. The van der Waals surface area contributed by atoms with Crippen LogP contribution in [-0.4, -0.2) is 76.0 Å². The van der Waals surface area contributed by atoms with E-state index in [1.807, 2.05) is 23.1 Å². The number of benzene rings is 1. The van der Waals surface area contributed by atoms with Crippen molar-refractivity contribution in [2.45, 2.75) is 38.6 Å². The van der Waals surface area contributed by atoms with Crippen molar-refractivity contribution in [2.24, 2.45) is 5.92 Å². The molecule has 2 aliphatic heterocycles. The fourth-order valence-electron chi connectivity index (χ4n) is 4.31. The summed E-state index contributed by atoms with van der Waals surface area (Å²) in [6.45, 7) is 2.99. The highest BCUT2D eigenvalue weighted by Gasteiger charge is 2.32. The smallest absolute Gasteiger partial charge is 0.227 e. The maximum absolute atomic E-state index is 13.0. The fraction of sp³-hybridized carbons (Fsp3) is 0.571. The maximum atomic E-state index is 13.0. The minimum Gasteiger partial charge on any atom is -0.343 e. The molecular weight excluding hydrogens is 386 g/mol. The highest BCUT2D eigenvalue weighted by Crippen LogP contribution is 2.21. The molecule has 1 aromatic carbocycles. The number of nitrogens with zero attached hydrogens (tertiary/aromatic N) is 5. The highest BCUT2D eigenvalue weighted by atomic mass is 16.6. The first-order chi connectivity index (χ1) is 14.5. The van der Waals surface area contributed by atoms with Gasteiger partial charge in [-0.05, 0) is 47.3 Å². The Balaban J connectivity index is 1.30. The molecule has 2 aliphatic rings. The van der Waals surface area contributed by atoms with Crippen LogP contribution in [0.15, 0.2) is 22.8 Å². The van der Waals surface area contributed by atoms with Crippen LogP contribution >= 0.6 is 0 Å². The summed E-state index contributed by atoms with van der Waals surface area (Å²) in [5, 5.41) is 7.63. The lowest BCUT2D eigenvalue weighted by Gasteiger charge is -2.34. The van der Waals surface area contributed by atoms with Crippen LogP contribution in [0.1, 0.15) is 37.7 Å². The van der Waals surface area contributed by atoms with Crippen LogP contribution in [0, 0.1) is 5.92 Å². The monoisotopic (exact) mass is 413 g/mol. The van der Waals surface area contributed by atoms with Gasteiger partial charge in [0.1, 0.15) is 11.0 Å². The summed E-state index contributed by atoms with van der Waals surface area (Å²) in [6, 6.07) is 5.60. The number of amides is 3. The third-order valence-corrected chi connectivity index (χ3v) is 5.99. The van der Waals surface area contributed by atoms with E-state index in [1.54, 1.807) is 16.8 Å². The van der Waals surface area contributed by atoms with Crippen molar-refractivity contribution < 1.29 is 19.0 Å². The van der Waals surface area contributed by atoms with Gasteiger partial charge in [0.25, 0.3) is 0 Å². The molecule has 3 amide bonds. The molecule has 1 aromatic heterocycles. The summed E-state index contributed by atoms with van der Waals surface area (Å²) in [7, 11) is 1.79. The van der Waals surface area contributed by atoms with Crippen LogP contribution in [-0.2, 0) is 20.9 Å². The van der Waals surface area contributed by atoms with Gasteiger partial charge in [-0.2, -0.15) is 0 Å². The summed E-state index contributed by atoms with van der Waals surface area (Å²) < 4.78 is 4.72. The molecule has 0 saturated carbocycles. The van der Waals surface area contributed by atoms with Crippen LogP contribution in [0.5, 0.6) is 0 Å². The van der Waals surface area contributed by atoms with Gasteiger partial charge in [0, 0.05) is 52.6 Å². The topological polar surface area (TPSA) is 99.8 Å². The molecule has 0 bridgehead atoms. The van der Waals surface area contributed by atoms with Crippen LogP contribution in [0.25, 0.3) is 11.0 Å². The number of carbonyl (C=O) groups is 3. The number of aromatic nitrogens is 2. The van der Waals surface area contributed by atoms with E-state index in [0.29, 0.717) is 56.5 Å². The third-order valence-electron chi connectivity index (χ3n) is 5.99. The van der Waals surface area contributed by atoms with E-state index in [2.05, 4.69) is 10.3 Å². The molecule has 2 aromatic rings. The van der Waals surface area contributed by atoms with Gasteiger partial charge in [-0.25, -0.2) is 4.63 Å². The Morgan fingerprint density at radius 3 is 2.70 bits per heavy atom. The van der Waals surface area contributed by atoms with Crippen molar-refractivity contribution >= 4 is 28.8 Å². The van der Waals surface area contributed by atoms with Gasteiger partial charge in [0.15, 0.2) is 0 Å². The Labute approximate surface area is 174 Å². The normalized spacial score (nSPS) is 19.7. The number of fused-ring (bicyclic) bond motifs is 1. The van der Waals surface area contributed by atoms with Gasteiger partial charge >= 0.3 is 0 Å². The van der Waals surface area contributed by atoms with Gasteiger partial charge < -0.3 is 14.7 Å². The van der Waals surface area contributed by atoms with Gasteiger partial charge in [0.2, 0.25) is 17.7 Å². The number of hydrogen-bond donors (Lipinski definition) is 0. The van der Waals surface area contributed by atoms with E-state index >= 15 is 0 Å². The van der Waals surface area contributed by atoms with Gasteiger partial charge in [-0.15, -0.1) is 0 Å². The van der Waals surface area contributed by atoms with E-state index < -0.39 is 0 Å². The zero-order valence-electron chi connectivity index (χ0n) is 17.2. The molecule has 0 N–H and O–H groups in total. The molecule has 4 rings (SSSR count). The molecule has 2 fully saturated rings. The minimum absolute atomic E-state index is 0.0422. The van der Waals surface area contributed by atoms with Crippen LogP contribution in [0.3, 0.4) is 0 Å². The molecule has 9 heteroatoms. The zero-order valence-corrected chi connectivity index (χ0v) is 17.2. The average molecular weight is 413 g/mol. The second-order valence-electron chi connectivity index (χ2n) is 8.19. The van der Waals surface area contributed by atoms with Crippen LogP contribution in [0.2, 0.25) is 0 Å². The van der Waals surface area contributed by atoms with Crippen molar-refractivity contribution in [1.82, 2.24) is 25.0 Å². The molecule has 160 valence electrons. The molecule has 0 radical (unpaired) electrons. The van der Waals surface area contributed by atoms with Crippen molar-refractivity contribution in [3.05, 3.63) is 23.8 Å². The van der Waals surface area contributed by atoms with Gasteiger partial charge in [0.05, 0.1) is 5.92 Å². The fourth-order valence-corrected chi connectivity index (χ4v) is 4.31.